The number of aliphatic carboxylic acids is 1. The van der Waals surface area contributed by atoms with Crippen molar-refractivity contribution in [3.05, 3.63) is 59.7 Å². The van der Waals surface area contributed by atoms with Crippen molar-refractivity contribution < 1.29 is 24.2 Å². The number of rotatable bonds is 7. The van der Waals surface area contributed by atoms with Gasteiger partial charge < -0.3 is 20.1 Å². The van der Waals surface area contributed by atoms with Crippen LogP contribution in [0.5, 0.6) is 0 Å². The normalized spacial score (nSPS) is 25.1. The van der Waals surface area contributed by atoms with Gasteiger partial charge in [-0.25, -0.2) is 4.79 Å². The highest BCUT2D eigenvalue weighted by Gasteiger charge is 2.61. The third kappa shape index (κ3) is 3.87. The molecule has 35 heavy (non-hydrogen) atoms. The van der Waals surface area contributed by atoms with Gasteiger partial charge in [0.25, 0.3) is 0 Å². The number of carboxylic acid groups (broad SMARTS) is 1. The summed E-state index contributed by atoms with van der Waals surface area (Å²) in [7, 11) is 0. The summed E-state index contributed by atoms with van der Waals surface area (Å²) in [6.45, 7) is 1.55. The first kappa shape index (κ1) is 22.1. The van der Waals surface area contributed by atoms with Crippen LogP contribution >= 0.6 is 0 Å². The number of carbonyl (C=O) groups excluding carboxylic acids is 2. The Bertz CT molecular complexity index is 1120. The molecule has 3 fully saturated rings. The predicted molar refractivity (Wildman–Crippen MR) is 129 cm³/mol. The van der Waals surface area contributed by atoms with Gasteiger partial charge in [0.2, 0.25) is 5.91 Å². The summed E-state index contributed by atoms with van der Waals surface area (Å²) in [6.07, 6.45) is 2.58. The van der Waals surface area contributed by atoms with E-state index in [9.17, 15) is 19.5 Å². The van der Waals surface area contributed by atoms with E-state index in [1.807, 2.05) is 29.2 Å². The molecule has 0 spiro atoms. The summed E-state index contributed by atoms with van der Waals surface area (Å²) in [5.74, 6) is -0.823. The van der Waals surface area contributed by atoms with Gasteiger partial charge in [-0.1, -0.05) is 55.0 Å². The Morgan fingerprint density at radius 3 is 2.11 bits per heavy atom. The van der Waals surface area contributed by atoms with Crippen LogP contribution < -0.4 is 5.32 Å². The highest BCUT2D eigenvalue weighted by Crippen LogP contribution is 2.52. The summed E-state index contributed by atoms with van der Waals surface area (Å²) in [6, 6.07) is 16.4. The molecule has 7 nitrogen and oxygen atoms in total. The minimum atomic E-state index is -0.750. The molecule has 2 aromatic carbocycles. The number of likely N-dealkylation sites (tertiary alicyclic amines) is 1. The Hall–Kier alpha value is -3.35. The fourth-order valence-electron chi connectivity index (χ4n) is 6.45. The number of alkyl carbamates (subject to hydrolysis) is 1. The molecule has 3 aliphatic carbocycles. The summed E-state index contributed by atoms with van der Waals surface area (Å²) in [5.41, 5.74) is 4.69. The predicted octanol–water partition coefficient (Wildman–Crippen LogP) is 3.73. The second kappa shape index (κ2) is 8.70. The van der Waals surface area contributed by atoms with Crippen molar-refractivity contribution in [1.82, 2.24) is 10.2 Å². The zero-order valence-corrected chi connectivity index (χ0v) is 19.6. The van der Waals surface area contributed by atoms with Crippen molar-refractivity contribution in [2.75, 3.05) is 26.2 Å². The largest absolute Gasteiger partial charge is 0.481 e. The Balaban J connectivity index is 1.06. The molecule has 2 amide bonds. The van der Waals surface area contributed by atoms with Crippen molar-refractivity contribution in [1.29, 1.82) is 0 Å². The molecule has 4 atom stereocenters. The lowest BCUT2D eigenvalue weighted by atomic mass is 9.75. The second-order valence-corrected chi connectivity index (χ2v) is 10.4. The molecule has 1 aliphatic heterocycles. The standard InChI is InChI=1S/C28H30N2O5/c31-26(30-13-22-23(14-30)25(22)27(32)33)21(16-6-5-7-16)12-29-28(34)35-15-24-19-10-3-1-8-17(19)18-9-2-4-11-20(18)24/h1-4,8-11,16,21-25H,5-7,12-15H2,(H,29,34)(H,32,33)/t21?,22-,23+,25?. The molecule has 0 radical (unpaired) electrons. The first-order valence-corrected chi connectivity index (χ1v) is 12.6. The molecule has 7 heteroatoms. The average molecular weight is 475 g/mol. The topological polar surface area (TPSA) is 95.9 Å². The van der Waals surface area contributed by atoms with Crippen LogP contribution in [0, 0.1) is 29.6 Å². The number of piperidine rings is 1. The lowest BCUT2D eigenvalue weighted by Gasteiger charge is -2.35. The maximum absolute atomic E-state index is 13.3. The van der Waals surface area contributed by atoms with Crippen molar-refractivity contribution in [2.24, 2.45) is 29.6 Å². The second-order valence-electron chi connectivity index (χ2n) is 10.4. The van der Waals surface area contributed by atoms with E-state index in [0.29, 0.717) is 13.1 Å². The zero-order chi connectivity index (χ0) is 24.1. The number of hydrogen-bond acceptors (Lipinski definition) is 4. The van der Waals surface area contributed by atoms with E-state index in [1.165, 1.54) is 11.1 Å². The Labute approximate surface area is 204 Å². The molecule has 0 aromatic heterocycles. The van der Waals surface area contributed by atoms with Crippen LogP contribution in [0.4, 0.5) is 4.79 Å². The summed E-state index contributed by atoms with van der Waals surface area (Å²) >= 11 is 0. The van der Waals surface area contributed by atoms with E-state index in [-0.39, 0.29) is 54.6 Å². The Morgan fingerprint density at radius 1 is 0.971 bits per heavy atom. The third-order valence-electron chi connectivity index (χ3n) is 8.64. The minimum Gasteiger partial charge on any atom is -0.481 e. The highest BCUT2D eigenvalue weighted by atomic mass is 16.5. The molecule has 2 aromatic rings. The fraction of sp³-hybridized carbons (Fsp3) is 0.464. The molecule has 0 bridgehead atoms. The highest BCUT2D eigenvalue weighted by molar-refractivity contribution is 5.82. The summed E-state index contributed by atoms with van der Waals surface area (Å²) in [4.78, 5) is 39.0. The van der Waals surface area contributed by atoms with E-state index < -0.39 is 12.1 Å². The number of nitrogens with zero attached hydrogens (tertiary/aromatic N) is 1. The molecule has 2 unspecified atom stereocenters. The van der Waals surface area contributed by atoms with Gasteiger partial charge in [0.15, 0.2) is 0 Å². The lowest BCUT2D eigenvalue weighted by molar-refractivity contribution is -0.142. The van der Waals surface area contributed by atoms with Gasteiger partial charge in [-0.15, -0.1) is 0 Å². The Kier molecular flexibility index (Phi) is 5.50. The van der Waals surface area contributed by atoms with Crippen LogP contribution in [0.15, 0.2) is 48.5 Å². The van der Waals surface area contributed by atoms with Gasteiger partial charge in [-0.3, -0.25) is 9.59 Å². The third-order valence-corrected chi connectivity index (χ3v) is 8.64. The van der Waals surface area contributed by atoms with E-state index in [0.717, 1.165) is 30.4 Å². The molecule has 6 rings (SSSR count). The maximum Gasteiger partial charge on any atom is 0.407 e. The summed E-state index contributed by atoms with van der Waals surface area (Å²) < 4.78 is 5.65. The monoisotopic (exact) mass is 474 g/mol. The number of ether oxygens (including phenoxy) is 1. The maximum atomic E-state index is 13.3. The van der Waals surface area contributed by atoms with Crippen LogP contribution in [0.25, 0.3) is 11.1 Å². The molecular formula is C28H30N2O5. The number of fused-ring (bicyclic) bond motifs is 4. The molecule has 182 valence electrons. The number of carbonyl (C=O) groups is 3. The minimum absolute atomic E-state index is 0.00397. The number of hydrogen-bond donors (Lipinski definition) is 2. The van der Waals surface area contributed by atoms with Gasteiger partial charge in [-0.05, 0) is 52.8 Å². The van der Waals surface area contributed by atoms with Crippen LogP contribution in [0.3, 0.4) is 0 Å². The molecule has 4 aliphatic rings. The number of amides is 2. The van der Waals surface area contributed by atoms with E-state index in [4.69, 9.17) is 4.74 Å². The smallest absolute Gasteiger partial charge is 0.407 e. The molecular weight excluding hydrogens is 444 g/mol. The van der Waals surface area contributed by atoms with Crippen molar-refractivity contribution >= 4 is 18.0 Å². The van der Waals surface area contributed by atoms with E-state index in [1.54, 1.807) is 0 Å². The average Bonchev–Trinajstić information content (AvgIpc) is 3.18. The van der Waals surface area contributed by atoms with Gasteiger partial charge in [0.1, 0.15) is 6.61 Å². The summed E-state index contributed by atoms with van der Waals surface area (Å²) in [5, 5.41) is 12.1. The SMILES string of the molecule is O=C(NCC(C(=O)N1C[C@@H]2C(C(=O)O)[C@@H]2C1)C1CCC1)OCC1c2ccccc2-c2ccccc21. The van der Waals surface area contributed by atoms with Gasteiger partial charge in [0.05, 0.1) is 11.8 Å². The van der Waals surface area contributed by atoms with E-state index in [2.05, 4.69) is 29.6 Å². The van der Waals surface area contributed by atoms with Crippen LogP contribution in [-0.2, 0) is 14.3 Å². The van der Waals surface area contributed by atoms with Gasteiger partial charge in [0, 0.05) is 25.6 Å². The lowest BCUT2D eigenvalue weighted by Crippen LogP contribution is -2.46. The number of benzene rings is 2. The van der Waals surface area contributed by atoms with Crippen molar-refractivity contribution in [3.8, 4) is 11.1 Å². The van der Waals surface area contributed by atoms with Gasteiger partial charge >= 0.3 is 12.1 Å². The molecule has 1 heterocycles. The fourth-order valence-corrected chi connectivity index (χ4v) is 6.45. The Morgan fingerprint density at radius 2 is 1.57 bits per heavy atom. The van der Waals surface area contributed by atoms with Gasteiger partial charge in [-0.2, -0.15) is 0 Å². The first-order chi connectivity index (χ1) is 17.0. The molecule has 1 saturated heterocycles. The van der Waals surface area contributed by atoms with E-state index >= 15 is 0 Å². The first-order valence-electron chi connectivity index (χ1n) is 12.6. The van der Waals surface area contributed by atoms with Crippen molar-refractivity contribution in [3.63, 3.8) is 0 Å². The number of carboxylic acids is 1. The number of nitrogens with one attached hydrogen (secondary N) is 1. The zero-order valence-electron chi connectivity index (χ0n) is 19.6. The van der Waals surface area contributed by atoms with Crippen LogP contribution in [0.1, 0.15) is 36.3 Å². The van der Waals surface area contributed by atoms with Crippen LogP contribution in [-0.4, -0.2) is 54.2 Å². The van der Waals surface area contributed by atoms with Crippen LogP contribution in [0.2, 0.25) is 0 Å². The van der Waals surface area contributed by atoms with Crippen molar-refractivity contribution in [2.45, 2.75) is 25.2 Å². The quantitative estimate of drug-likeness (QED) is 0.638. The molecule has 2 saturated carbocycles. The molecule has 2 N–H and O–H groups in total.